The van der Waals surface area contributed by atoms with Crippen molar-refractivity contribution in [2.75, 3.05) is 18.2 Å². The summed E-state index contributed by atoms with van der Waals surface area (Å²) >= 11 is 2.67. The van der Waals surface area contributed by atoms with Crippen molar-refractivity contribution in [3.63, 3.8) is 0 Å². The van der Waals surface area contributed by atoms with Gasteiger partial charge >= 0.3 is 0 Å². The molecule has 2 N–H and O–H groups in total. The maximum atomic E-state index is 12.9. The Hall–Kier alpha value is -2.91. The van der Waals surface area contributed by atoms with Crippen molar-refractivity contribution in [2.24, 2.45) is 0 Å². The number of anilines is 1. The van der Waals surface area contributed by atoms with E-state index in [9.17, 15) is 14.0 Å². The Morgan fingerprint density at radius 3 is 2.67 bits per heavy atom. The molecule has 0 saturated carbocycles. The number of amides is 2. The fourth-order valence-electron chi connectivity index (χ4n) is 2.56. The molecule has 0 unspecified atom stereocenters. The predicted molar refractivity (Wildman–Crippen MR) is 116 cm³/mol. The number of benzene rings is 2. The van der Waals surface area contributed by atoms with Gasteiger partial charge in [-0.1, -0.05) is 30.0 Å². The molecule has 0 radical (unpaired) electrons. The Morgan fingerprint density at radius 2 is 1.90 bits per heavy atom. The van der Waals surface area contributed by atoms with E-state index in [-0.39, 0.29) is 29.8 Å². The second-order valence-corrected chi connectivity index (χ2v) is 8.29. The number of ether oxygens (including phenoxy) is 1. The minimum absolute atomic E-state index is 0.142. The number of nitrogens with one attached hydrogen (secondary N) is 2. The summed E-state index contributed by atoms with van der Waals surface area (Å²) in [5, 5.41) is 7.37. The van der Waals surface area contributed by atoms with Gasteiger partial charge in [0.05, 0.1) is 25.0 Å². The molecule has 0 aliphatic carbocycles. The average Bonchev–Trinajstić information content (AvgIpc) is 3.20. The highest BCUT2D eigenvalue weighted by atomic mass is 32.2. The van der Waals surface area contributed by atoms with E-state index in [4.69, 9.17) is 4.74 Å². The van der Waals surface area contributed by atoms with Gasteiger partial charge in [0.25, 0.3) is 0 Å². The van der Waals surface area contributed by atoms with Gasteiger partial charge in [0.2, 0.25) is 11.8 Å². The summed E-state index contributed by atoms with van der Waals surface area (Å²) in [5.41, 5.74) is 2.09. The number of aromatic nitrogens is 1. The van der Waals surface area contributed by atoms with Crippen LogP contribution in [0.3, 0.4) is 0 Å². The highest BCUT2D eigenvalue weighted by Crippen LogP contribution is 2.23. The molecule has 0 bridgehead atoms. The standard InChI is InChI=1S/C21H20FN3O3S2/c1-28-18-5-3-2-4-14(18)11-23-19(26)10-17-12-29-21(25-17)30-13-20(27)24-16-8-6-15(22)7-9-16/h2-9,12H,10-11,13H2,1H3,(H,23,26)(H,24,27). The van der Waals surface area contributed by atoms with Crippen molar-refractivity contribution in [2.45, 2.75) is 17.3 Å². The fourth-order valence-corrected chi connectivity index (χ4v) is 4.21. The molecule has 0 spiro atoms. The van der Waals surface area contributed by atoms with Crippen LogP contribution in [0.1, 0.15) is 11.3 Å². The molecule has 0 fully saturated rings. The molecule has 3 aromatic rings. The number of para-hydroxylation sites is 1. The lowest BCUT2D eigenvalue weighted by molar-refractivity contribution is -0.120. The molecule has 0 saturated heterocycles. The van der Waals surface area contributed by atoms with Gasteiger partial charge in [-0.25, -0.2) is 9.37 Å². The van der Waals surface area contributed by atoms with E-state index in [0.717, 1.165) is 11.3 Å². The Labute approximate surface area is 181 Å². The van der Waals surface area contributed by atoms with Gasteiger partial charge in [-0.3, -0.25) is 9.59 Å². The summed E-state index contributed by atoms with van der Waals surface area (Å²) < 4.78 is 18.9. The summed E-state index contributed by atoms with van der Waals surface area (Å²) in [4.78, 5) is 28.6. The quantitative estimate of drug-likeness (QED) is 0.489. The van der Waals surface area contributed by atoms with Gasteiger partial charge in [-0.15, -0.1) is 11.3 Å². The molecule has 6 nitrogen and oxygen atoms in total. The number of halogens is 1. The lowest BCUT2D eigenvalue weighted by atomic mass is 10.2. The first-order valence-electron chi connectivity index (χ1n) is 9.04. The zero-order chi connectivity index (χ0) is 21.3. The maximum absolute atomic E-state index is 12.9. The van der Waals surface area contributed by atoms with Crippen molar-refractivity contribution in [3.05, 3.63) is 71.0 Å². The van der Waals surface area contributed by atoms with E-state index >= 15 is 0 Å². The molecule has 3 rings (SSSR count). The molecule has 1 aromatic heterocycles. The van der Waals surface area contributed by atoms with Crippen molar-refractivity contribution in [3.8, 4) is 5.75 Å². The van der Waals surface area contributed by atoms with E-state index < -0.39 is 0 Å². The van der Waals surface area contributed by atoms with Gasteiger partial charge < -0.3 is 15.4 Å². The normalized spacial score (nSPS) is 10.5. The van der Waals surface area contributed by atoms with Gasteiger partial charge in [-0.2, -0.15) is 0 Å². The third kappa shape index (κ3) is 6.57. The Kier molecular flexibility index (Phi) is 7.81. The molecule has 1 heterocycles. The number of rotatable bonds is 9. The molecule has 0 aliphatic rings. The first-order valence-corrected chi connectivity index (χ1v) is 10.9. The summed E-state index contributed by atoms with van der Waals surface area (Å²) in [7, 11) is 1.59. The lowest BCUT2D eigenvalue weighted by Crippen LogP contribution is -2.24. The van der Waals surface area contributed by atoms with Gasteiger partial charge in [0.1, 0.15) is 11.6 Å². The third-order valence-electron chi connectivity index (χ3n) is 4.00. The second-order valence-electron chi connectivity index (χ2n) is 6.21. The molecular formula is C21H20FN3O3S2. The largest absolute Gasteiger partial charge is 0.496 e. The predicted octanol–water partition coefficient (Wildman–Crippen LogP) is 3.88. The Morgan fingerprint density at radius 1 is 1.13 bits per heavy atom. The van der Waals surface area contributed by atoms with Crippen LogP contribution >= 0.6 is 23.1 Å². The number of carbonyl (C=O) groups excluding carboxylic acids is 2. The molecular weight excluding hydrogens is 425 g/mol. The summed E-state index contributed by atoms with van der Waals surface area (Å²) in [5.74, 6) is 0.188. The molecule has 0 aliphatic heterocycles. The lowest BCUT2D eigenvalue weighted by Gasteiger charge is -2.09. The third-order valence-corrected chi connectivity index (χ3v) is 6.07. The number of hydrogen-bond donors (Lipinski definition) is 2. The van der Waals surface area contributed by atoms with Crippen molar-refractivity contribution < 1.29 is 18.7 Å². The van der Waals surface area contributed by atoms with Crippen molar-refractivity contribution in [1.82, 2.24) is 10.3 Å². The zero-order valence-electron chi connectivity index (χ0n) is 16.2. The fraction of sp³-hybridized carbons (Fsp3) is 0.190. The molecule has 156 valence electrons. The second kappa shape index (κ2) is 10.7. The molecule has 2 amide bonds. The minimum atomic E-state index is -0.357. The smallest absolute Gasteiger partial charge is 0.234 e. The minimum Gasteiger partial charge on any atom is -0.496 e. The topological polar surface area (TPSA) is 80.3 Å². The molecule has 30 heavy (non-hydrogen) atoms. The molecule has 2 aromatic carbocycles. The van der Waals surface area contributed by atoms with Crippen molar-refractivity contribution >= 4 is 40.6 Å². The van der Waals surface area contributed by atoms with E-state index in [1.54, 1.807) is 7.11 Å². The van der Waals surface area contributed by atoms with E-state index in [0.29, 0.717) is 22.3 Å². The van der Waals surface area contributed by atoms with Crippen LogP contribution < -0.4 is 15.4 Å². The van der Waals surface area contributed by atoms with Crippen LogP contribution in [0, 0.1) is 5.82 Å². The average molecular weight is 446 g/mol. The van der Waals surface area contributed by atoms with Crippen molar-refractivity contribution in [1.29, 1.82) is 0 Å². The SMILES string of the molecule is COc1ccccc1CNC(=O)Cc1csc(SCC(=O)Nc2ccc(F)cc2)n1. The molecule has 9 heteroatoms. The van der Waals surface area contributed by atoms with Gasteiger partial charge in [0, 0.05) is 23.2 Å². The van der Waals surface area contributed by atoms with E-state index in [1.165, 1.54) is 47.4 Å². The maximum Gasteiger partial charge on any atom is 0.234 e. The first-order chi connectivity index (χ1) is 14.5. The van der Waals surface area contributed by atoms with Crippen LogP contribution in [-0.2, 0) is 22.6 Å². The van der Waals surface area contributed by atoms with Crippen LogP contribution in [-0.4, -0.2) is 29.7 Å². The van der Waals surface area contributed by atoms with Gasteiger partial charge in [-0.05, 0) is 30.3 Å². The van der Waals surface area contributed by atoms with E-state index in [1.807, 2.05) is 29.6 Å². The highest BCUT2D eigenvalue weighted by molar-refractivity contribution is 8.01. The number of thioether (sulfide) groups is 1. The molecule has 0 atom stereocenters. The highest BCUT2D eigenvalue weighted by Gasteiger charge is 2.11. The van der Waals surface area contributed by atoms with Crippen LogP contribution in [0.5, 0.6) is 5.75 Å². The van der Waals surface area contributed by atoms with Crippen LogP contribution in [0.2, 0.25) is 0 Å². The summed E-state index contributed by atoms with van der Waals surface area (Å²) in [6.07, 6.45) is 0.161. The first kappa shape index (κ1) is 21.8. The van der Waals surface area contributed by atoms with Crippen LogP contribution in [0.25, 0.3) is 0 Å². The number of methoxy groups -OCH3 is 1. The number of thiazole rings is 1. The number of carbonyl (C=O) groups is 2. The Balaban J connectivity index is 1.43. The number of hydrogen-bond acceptors (Lipinski definition) is 6. The summed E-state index contributed by atoms with van der Waals surface area (Å²) in [6.45, 7) is 0.373. The monoisotopic (exact) mass is 445 g/mol. The van der Waals surface area contributed by atoms with Gasteiger partial charge in [0.15, 0.2) is 4.34 Å². The number of nitrogens with zero attached hydrogens (tertiary/aromatic N) is 1. The Bertz CT molecular complexity index is 1010. The van der Waals surface area contributed by atoms with E-state index in [2.05, 4.69) is 15.6 Å². The zero-order valence-corrected chi connectivity index (χ0v) is 17.8. The van der Waals surface area contributed by atoms with Crippen LogP contribution in [0.15, 0.2) is 58.3 Å². The summed E-state index contributed by atoms with van der Waals surface area (Å²) in [6, 6.07) is 13.1. The van der Waals surface area contributed by atoms with Crippen LogP contribution in [0.4, 0.5) is 10.1 Å².